The number of alkyl halides is 1. The van der Waals surface area contributed by atoms with Crippen LogP contribution in [0.5, 0.6) is 0 Å². The third-order valence-electron chi connectivity index (χ3n) is 2.54. The molecule has 80 valence electrons. The van der Waals surface area contributed by atoms with Gasteiger partial charge in [0.05, 0.1) is 0 Å². The van der Waals surface area contributed by atoms with Crippen LogP contribution in [0.1, 0.15) is 32.4 Å². The molecule has 0 radical (unpaired) electrons. The largest absolute Gasteiger partial charge is 0.273 e. The predicted molar refractivity (Wildman–Crippen MR) is 60.6 cm³/mol. The Labute approximate surface area is 91.3 Å². The van der Waals surface area contributed by atoms with Crippen LogP contribution >= 0.6 is 11.6 Å². The Morgan fingerprint density at radius 1 is 1.50 bits per heavy atom. The standard InChI is InChI=1S/C11H19ClN2/c1-9(8-10(2)12)4-5-11-6-7-13-14(11)3/h6-7,9-10H,4-5,8H2,1-3H3. The van der Waals surface area contributed by atoms with Gasteiger partial charge in [0, 0.05) is 24.3 Å². The number of aromatic nitrogens is 2. The summed E-state index contributed by atoms with van der Waals surface area (Å²) in [7, 11) is 1.99. The summed E-state index contributed by atoms with van der Waals surface area (Å²) in [5.41, 5.74) is 1.30. The second-order valence-electron chi connectivity index (χ2n) is 4.11. The molecule has 2 nitrogen and oxygen atoms in total. The second-order valence-corrected chi connectivity index (χ2v) is 4.85. The molecule has 0 N–H and O–H groups in total. The lowest BCUT2D eigenvalue weighted by molar-refractivity contribution is 0.481. The Morgan fingerprint density at radius 2 is 2.21 bits per heavy atom. The summed E-state index contributed by atoms with van der Waals surface area (Å²) >= 11 is 5.95. The summed E-state index contributed by atoms with van der Waals surface area (Å²) < 4.78 is 1.94. The van der Waals surface area contributed by atoms with Gasteiger partial charge < -0.3 is 0 Å². The highest BCUT2D eigenvalue weighted by Crippen LogP contribution is 2.16. The van der Waals surface area contributed by atoms with E-state index >= 15 is 0 Å². The van der Waals surface area contributed by atoms with Gasteiger partial charge in [0.2, 0.25) is 0 Å². The maximum absolute atomic E-state index is 5.95. The van der Waals surface area contributed by atoms with Crippen molar-refractivity contribution in [3.05, 3.63) is 18.0 Å². The van der Waals surface area contributed by atoms with Crippen molar-refractivity contribution in [3.8, 4) is 0 Å². The molecule has 0 spiro atoms. The molecule has 0 saturated heterocycles. The molecule has 0 bridgehead atoms. The first kappa shape index (κ1) is 11.6. The van der Waals surface area contributed by atoms with Crippen LogP contribution in [-0.2, 0) is 13.5 Å². The van der Waals surface area contributed by atoms with Gasteiger partial charge in [0.15, 0.2) is 0 Å². The molecule has 2 atom stereocenters. The molecular weight excluding hydrogens is 196 g/mol. The molecule has 0 fully saturated rings. The summed E-state index contributed by atoms with van der Waals surface area (Å²) in [6.07, 6.45) is 5.24. The van der Waals surface area contributed by atoms with Crippen LogP contribution in [-0.4, -0.2) is 15.2 Å². The lowest BCUT2D eigenvalue weighted by atomic mass is 9.99. The molecule has 1 aromatic rings. The molecule has 0 saturated carbocycles. The van der Waals surface area contributed by atoms with Crippen molar-refractivity contribution in [2.45, 2.75) is 38.5 Å². The van der Waals surface area contributed by atoms with Gasteiger partial charge in [-0.15, -0.1) is 11.6 Å². The summed E-state index contributed by atoms with van der Waals surface area (Å²) in [5, 5.41) is 4.43. The minimum Gasteiger partial charge on any atom is -0.273 e. The van der Waals surface area contributed by atoms with E-state index in [1.165, 1.54) is 12.1 Å². The molecule has 3 heteroatoms. The van der Waals surface area contributed by atoms with E-state index in [0.717, 1.165) is 12.8 Å². The quantitative estimate of drug-likeness (QED) is 0.690. The Bertz CT molecular complexity index is 268. The SMILES string of the molecule is CC(Cl)CC(C)CCc1ccnn1C. The van der Waals surface area contributed by atoms with E-state index < -0.39 is 0 Å². The first-order valence-electron chi connectivity index (χ1n) is 5.20. The molecule has 1 heterocycles. The molecule has 0 amide bonds. The summed E-state index contributed by atoms with van der Waals surface area (Å²) in [6.45, 7) is 4.32. The average molecular weight is 215 g/mol. The Balaban J connectivity index is 2.30. The van der Waals surface area contributed by atoms with Crippen LogP contribution in [0.3, 0.4) is 0 Å². The van der Waals surface area contributed by atoms with Crippen molar-refractivity contribution in [3.63, 3.8) is 0 Å². The van der Waals surface area contributed by atoms with Crippen molar-refractivity contribution in [2.24, 2.45) is 13.0 Å². The first-order chi connectivity index (χ1) is 6.59. The van der Waals surface area contributed by atoms with Gasteiger partial charge in [-0.1, -0.05) is 6.92 Å². The molecular formula is C11H19ClN2. The van der Waals surface area contributed by atoms with E-state index in [1.807, 2.05) is 17.9 Å². The van der Waals surface area contributed by atoms with E-state index in [0.29, 0.717) is 5.92 Å². The summed E-state index contributed by atoms with van der Waals surface area (Å²) in [4.78, 5) is 0. The van der Waals surface area contributed by atoms with Crippen LogP contribution in [0.4, 0.5) is 0 Å². The zero-order chi connectivity index (χ0) is 10.6. The maximum Gasteiger partial charge on any atom is 0.0492 e. The fourth-order valence-corrected chi connectivity index (χ4v) is 2.02. The van der Waals surface area contributed by atoms with Gasteiger partial charge in [-0.05, 0) is 38.2 Å². The number of hydrogen-bond donors (Lipinski definition) is 0. The Morgan fingerprint density at radius 3 is 2.71 bits per heavy atom. The third kappa shape index (κ3) is 3.70. The number of hydrogen-bond acceptors (Lipinski definition) is 1. The fraction of sp³-hybridized carbons (Fsp3) is 0.727. The summed E-state index contributed by atoms with van der Waals surface area (Å²) in [5.74, 6) is 0.692. The zero-order valence-corrected chi connectivity index (χ0v) is 9.96. The topological polar surface area (TPSA) is 17.8 Å². The highest BCUT2D eigenvalue weighted by Gasteiger charge is 2.07. The monoisotopic (exact) mass is 214 g/mol. The van der Waals surface area contributed by atoms with E-state index in [1.54, 1.807) is 0 Å². The van der Waals surface area contributed by atoms with Gasteiger partial charge >= 0.3 is 0 Å². The molecule has 14 heavy (non-hydrogen) atoms. The number of nitrogens with zero attached hydrogens (tertiary/aromatic N) is 2. The predicted octanol–water partition coefficient (Wildman–Crippen LogP) is 3.01. The zero-order valence-electron chi connectivity index (χ0n) is 9.20. The summed E-state index contributed by atoms with van der Waals surface area (Å²) in [6, 6.07) is 2.08. The second kappa shape index (κ2) is 5.40. The number of rotatable bonds is 5. The minimum absolute atomic E-state index is 0.288. The molecule has 0 aliphatic heterocycles. The normalized spacial score (nSPS) is 15.4. The van der Waals surface area contributed by atoms with Crippen molar-refractivity contribution in [1.29, 1.82) is 0 Å². The Kier molecular flexibility index (Phi) is 4.46. The highest BCUT2D eigenvalue weighted by atomic mass is 35.5. The lowest BCUT2D eigenvalue weighted by Gasteiger charge is -2.12. The Hall–Kier alpha value is -0.500. The van der Waals surface area contributed by atoms with Crippen LogP contribution in [0.15, 0.2) is 12.3 Å². The van der Waals surface area contributed by atoms with Gasteiger partial charge in [0.25, 0.3) is 0 Å². The fourth-order valence-electron chi connectivity index (χ4n) is 1.71. The molecule has 1 aromatic heterocycles. The molecule has 2 unspecified atom stereocenters. The molecule has 0 aliphatic carbocycles. The van der Waals surface area contributed by atoms with E-state index in [-0.39, 0.29) is 5.38 Å². The first-order valence-corrected chi connectivity index (χ1v) is 5.64. The van der Waals surface area contributed by atoms with Gasteiger partial charge in [-0.3, -0.25) is 4.68 Å². The number of aryl methyl sites for hydroxylation is 2. The van der Waals surface area contributed by atoms with Gasteiger partial charge in [-0.25, -0.2) is 0 Å². The molecule has 0 aliphatic rings. The molecule has 1 rings (SSSR count). The van der Waals surface area contributed by atoms with Crippen LogP contribution < -0.4 is 0 Å². The van der Waals surface area contributed by atoms with E-state index in [2.05, 4.69) is 25.0 Å². The van der Waals surface area contributed by atoms with E-state index in [4.69, 9.17) is 11.6 Å². The van der Waals surface area contributed by atoms with Crippen molar-refractivity contribution >= 4 is 11.6 Å². The third-order valence-corrected chi connectivity index (χ3v) is 2.72. The number of halogens is 1. The van der Waals surface area contributed by atoms with Gasteiger partial charge in [0.1, 0.15) is 0 Å². The van der Waals surface area contributed by atoms with E-state index in [9.17, 15) is 0 Å². The van der Waals surface area contributed by atoms with Crippen molar-refractivity contribution in [2.75, 3.05) is 0 Å². The molecule has 0 aromatic carbocycles. The smallest absolute Gasteiger partial charge is 0.0492 e. The van der Waals surface area contributed by atoms with Crippen LogP contribution in [0.2, 0.25) is 0 Å². The van der Waals surface area contributed by atoms with Crippen molar-refractivity contribution < 1.29 is 0 Å². The van der Waals surface area contributed by atoms with Crippen LogP contribution in [0.25, 0.3) is 0 Å². The highest BCUT2D eigenvalue weighted by molar-refractivity contribution is 6.20. The maximum atomic E-state index is 5.95. The van der Waals surface area contributed by atoms with Gasteiger partial charge in [-0.2, -0.15) is 5.10 Å². The minimum atomic E-state index is 0.288. The van der Waals surface area contributed by atoms with Crippen LogP contribution in [0, 0.1) is 5.92 Å². The van der Waals surface area contributed by atoms with Crippen molar-refractivity contribution in [1.82, 2.24) is 9.78 Å². The average Bonchev–Trinajstić information content (AvgIpc) is 2.46. The lowest BCUT2D eigenvalue weighted by Crippen LogP contribution is -2.05.